The lowest BCUT2D eigenvalue weighted by Crippen LogP contribution is -2.42. The first-order valence-electron chi connectivity index (χ1n) is 7.77. The summed E-state index contributed by atoms with van der Waals surface area (Å²) in [6, 6.07) is 7.31. The zero-order chi connectivity index (χ0) is 17.8. The predicted octanol–water partition coefficient (Wildman–Crippen LogP) is 2.52. The maximum atomic E-state index is 12.2. The lowest BCUT2D eigenvalue weighted by Gasteiger charge is -2.29. The highest BCUT2D eigenvalue weighted by molar-refractivity contribution is 7.92. The minimum absolute atomic E-state index is 0.210. The Kier molecular flexibility index (Phi) is 6.22. The van der Waals surface area contributed by atoms with Crippen LogP contribution in [-0.4, -0.2) is 33.7 Å². The number of rotatable bonds is 6. The van der Waals surface area contributed by atoms with E-state index in [9.17, 15) is 13.2 Å². The molecule has 0 aromatic heterocycles. The normalized spacial score (nSPS) is 12.3. The number of benzene rings is 1. The van der Waals surface area contributed by atoms with Gasteiger partial charge in [0.1, 0.15) is 6.54 Å². The Hall–Kier alpha value is -1.56. The first-order valence-corrected chi connectivity index (χ1v) is 9.61. The van der Waals surface area contributed by atoms with Gasteiger partial charge in [-0.3, -0.25) is 9.10 Å². The Morgan fingerprint density at radius 2 is 1.78 bits per heavy atom. The zero-order valence-electron chi connectivity index (χ0n) is 14.9. The van der Waals surface area contributed by atoms with Crippen molar-refractivity contribution in [1.82, 2.24) is 5.32 Å². The molecule has 1 rings (SSSR count). The number of sulfonamides is 1. The average molecular weight is 340 g/mol. The van der Waals surface area contributed by atoms with Crippen LogP contribution >= 0.6 is 0 Å². The molecule has 0 unspecified atom stereocenters. The maximum absolute atomic E-state index is 12.2. The van der Waals surface area contributed by atoms with Crippen LogP contribution in [0.5, 0.6) is 0 Å². The van der Waals surface area contributed by atoms with Crippen molar-refractivity contribution in [3.8, 4) is 0 Å². The summed E-state index contributed by atoms with van der Waals surface area (Å²) < 4.78 is 25.6. The van der Waals surface area contributed by atoms with Gasteiger partial charge in [-0.25, -0.2) is 8.42 Å². The van der Waals surface area contributed by atoms with E-state index in [0.29, 0.717) is 18.2 Å². The van der Waals surface area contributed by atoms with Gasteiger partial charge in [-0.2, -0.15) is 0 Å². The summed E-state index contributed by atoms with van der Waals surface area (Å²) >= 11 is 0. The van der Waals surface area contributed by atoms with Gasteiger partial charge in [0.05, 0.1) is 11.9 Å². The number of hydrogen-bond donors (Lipinski definition) is 1. The van der Waals surface area contributed by atoms with Crippen molar-refractivity contribution in [3.05, 3.63) is 29.8 Å². The first kappa shape index (κ1) is 19.5. The molecule has 0 heterocycles. The highest BCUT2D eigenvalue weighted by atomic mass is 32.2. The molecule has 0 bridgehead atoms. The molecule has 130 valence electrons. The van der Waals surface area contributed by atoms with Crippen molar-refractivity contribution in [2.24, 2.45) is 5.92 Å². The number of carbonyl (C=O) groups is 1. The molecule has 0 spiro atoms. The van der Waals surface area contributed by atoms with Crippen LogP contribution < -0.4 is 9.62 Å². The number of hydrogen-bond acceptors (Lipinski definition) is 3. The topological polar surface area (TPSA) is 66.5 Å². The second-order valence-electron chi connectivity index (χ2n) is 7.23. The van der Waals surface area contributed by atoms with Crippen molar-refractivity contribution in [3.63, 3.8) is 0 Å². The van der Waals surface area contributed by atoms with E-state index in [2.05, 4.69) is 5.32 Å². The fourth-order valence-electron chi connectivity index (χ4n) is 2.21. The van der Waals surface area contributed by atoms with Crippen molar-refractivity contribution < 1.29 is 13.2 Å². The van der Waals surface area contributed by atoms with E-state index >= 15 is 0 Å². The van der Waals surface area contributed by atoms with E-state index in [1.807, 2.05) is 46.8 Å². The Balaban J connectivity index is 3.18. The van der Waals surface area contributed by atoms with Crippen LogP contribution in [0.3, 0.4) is 0 Å². The summed E-state index contributed by atoms with van der Waals surface area (Å²) in [7, 11) is -3.56. The van der Waals surface area contributed by atoms with Crippen LogP contribution in [0.2, 0.25) is 0 Å². The summed E-state index contributed by atoms with van der Waals surface area (Å²) in [6.07, 6.45) is 1.13. The van der Waals surface area contributed by atoms with Gasteiger partial charge >= 0.3 is 0 Å². The first-order chi connectivity index (χ1) is 10.4. The zero-order valence-corrected chi connectivity index (χ0v) is 15.7. The number of carbonyl (C=O) groups excluding carboxylic acids is 1. The fraction of sp³-hybridized carbons (Fsp3) is 0.588. The third-order valence-corrected chi connectivity index (χ3v) is 4.50. The fourth-order valence-corrected chi connectivity index (χ4v) is 3.08. The molecule has 0 saturated heterocycles. The van der Waals surface area contributed by atoms with E-state index < -0.39 is 10.0 Å². The SMILES string of the molecule is CC(C)CNC(=O)CN(c1ccccc1C(C)(C)C)S(C)(=O)=O. The molecule has 0 fully saturated rings. The van der Waals surface area contributed by atoms with E-state index in [4.69, 9.17) is 0 Å². The third kappa shape index (κ3) is 5.86. The maximum Gasteiger partial charge on any atom is 0.240 e. The van der Waals surface area contributed by atoms with E-state index in [0.717, 1.165) is 11.8 Å². The smallest absolute Gasteiger partial charge is 0.240 e. The van der Waals surface area contributed by atoms with Crippen LogP contribution in [0.1, 0.15) is 40.2 Å². The van der Waals surface area contributed by atoms with Gasteiger partial charge in [-0.05, 0) is 23.0 Å². The molecule has 1 aromatic rings. The van der Waals surface area contributed by atoms with Crippen LogP contribution in [0, 0.1) is 5.92 Å². The molecule has 1 aromatic carbocycles. The lowest BCUT2D eigenvalue weighted by molar-refractivity contribution is -0.119. The lowest BCUT2D eigenvalue weighted by atomic mass is 9.86. The number of para-hydroxylation sites is 1. The summed E-state index contributed by atoms with van der Waals surface area (Å²) in [5, 5.41) is 2.77. The molecular formula is C17H28N2O3S. The minimum atomic E-state index is -3.56. The second kappa shape index (κ2) is 7.34. The van der Waals surface area contributed by atoms with Crippen molar-refractivity contribution in [1.29, 1.82) is 0 Å². The van der Waals surface area contributed by atoms with Crippen LogP contribution in [-0.2, 0) is 20.2 Å². The van der Waals surface area contributed by atoms with Gasteiger partial charge in [-0.15, -0.1) is 0 Å². The van der Waals surface area contributed by atoms with Gasteiger partial charge in [0.25, 0.3) is 0 Å². The molecule has 0 aliphatic heterocycles. The summed E-state index contributed by atoms with van der Waals surface area (Å²) in [6.45, 7) is 10.4. The second-order valence-corrected chi connectivity index (χ2v) is 9.14. The number of amides is 1. The molecule has 0 saturated carbocycles. The minimum Gasteiger partial charge on any atom is -0.354 e. The molecule has 1 N–H and O–H groups in total. The van der Waals surface area contributed by atoms with Gasteiger partial charge in [-0.1, -0.05) is 52.8 Å². The van der Waals surface area contributed by atoms with E-state index in [1.165, 1.54) is 4.31 Å². The van der Waals surface area contributed by atoms with Gasteiger partial charge in [0.2, 0.25) is 15.9 Å². The van der Waals surface area contributed by atoms with Crippen molar-refractivity contribution in [2.45, 2.75) is 40.0 Å². The monoisotopic (exact) mass is 340 g/mol. The Labute approximate surface area is 140 Å². The standard InChI is InChI=1S/C17H28N2O3S/c1-13(2)11-18-16(20)12-19(23(6,21)22)15-10-8-7-9-14(15)17(3,4)5/h7-10,13H,11-12H2,1-6H3,(H,18,20). The molecule has 0 radical (unpaired) electrons. The molecule has 0 aliphatic rings. The molecule has 23 heavy (non-hydrogen) atoms. The molecule has 0 aliphatic carbocycles. The molecule has 5 nitrogen and oxygen atoms in total. The van der Waals surface area contributed by atoms with Crippen LogP contribution in [0.15, 0.2) is 24.3 Å². The third-order valence-electron chi connectivity index (χ3n) is 3.38. The largest absolute Gasteiger partial charge is 0.354 e. The van der Waals surface area contributed by atoms with E-state index in [-0.39, 0.29) is 17.9 Å². The van der Waals surface area contributed by atoms with Crippen molar-refractivity contribution >= 4 is 21.6 Å². The summed E-state index contributed by atoms with van der Waals surface area (Å²) in [5.41, 5.74) is 1.22. The Morgan fingerprint density at radius 1 is 1.22 bits per heavy atom. The molecular weight excluding hydrogens is 312 g/mol. The van der Waals surface area contributed by atoms with Crippen molar-refractivity contribution in [2.75, 3.05) is 23.7 Å². The molecule has 1 amide bonds. The number of anilines is 1. The van der Waals surface area contributed by atoms with Gasteiger partial charge < -0.3 is 5.32 Å². The molecule has 6 heteroatoms. The summed E-state index contributed by atoms with van der Waals surface area (Å²) in [4.78, 5) is 12.1. The van der Waals surface area contributed by atoms with E-state index in [1.54, 1.807) is 12.1 Å². The quantitative estimate of drug-likeness (QED) is 0.865. The van der Waals surface area contributed by atoms with Crippen LogP contribution in [0.4, 0.5) is 5.69 Å². The average Bonchev–Trinajstić information content (AvgIpc) is 2.40. The Morgan fingerprint density at radius 3 is 2.26 bits per heavy atom. The Bertz CT molecular complexity index is 646. The van der Waals surface area contributed by atoms with Crippen LogP contribution in [0.25, 0.3) is 0 Å². The number of nitrogens with one attached hydrogen (secondary N) is 1. The summed E-state index contributed by atoms with van der Waals surface area (Å²) in [5.74, 6) is 0.0142. The van der Waals surface area contributed by atoms with Gasteiger partial charge in [0.15, 0.2) is 0 Å². The van der Waals surface area contributed by atoms with Gasteiger partial charge in [0, 0.05) is 6.54 Å². The highest BCUT2D eigenvalue weighted by Crippen LogP contribution is 2.32. The molecule has 0 atom stereocenters. The predicted molar refractivity (Wildman–Crippen MR) is 95.2 cm³/mol. The highest BCUT2D eigenvalue weighted by Gasteiger charge is 2.27. The number of nitrogens with zero attached hydrogens (tertiary/aromatic N) is 1.